The Morgan fingerprint density at radius 2 is 2.36 bits per heavy atom. The molecule has 14 heavy (non-hydrogen) atoms. The summed E-state index contributed by atoms with van der Waals surface area (Å²) in [5, 5.41) is 0. The Morgan fingerprint density at radius 3 is 3.21 bits per heavy atom. The fraction of sp³-hybridized carbons (Fsp3) is 0.300. The van der Waals surface area contributed by atoms with Crippen LogP contribution in [0.2, 0.25) is 0 Å². The number of imidazole rings is 1. The van der Waals surface area contributed by atoms with Crippen LogP contribution in [-0.2, 0) is 6.54 Å². The first-order valence-corrected chi connectivity index (χ1v) is 4.67. The molecule has 0 radical (unpaired) electrons. The van der Waals surface area contributed by atoms with E-state index in [-0.39, 0.29) is 11.9 Å². The Labute approximate surface area is 80.3 Å². The molecule has 4 heteroatoms. The zero-order valence-corrected chi connectivity index (χ0v) is 7.57. The number of nitrogens with zero attached hydrogens (tertiary/aromatic N) is 2. The summed E-state index contributed by atoms with van der Waals surface area (Å²) in [6, 6.07) is 4.65. The van der Waals surface area contributed by atoms with E-state index in [0.29, 0.717) is 0 Å². The van der Waals surface area contributed by atoms with Crippen molar-refractivity contribution in [1.29, 1.82) is 0 Å². The Morgan fingerprint density at radius 1 is 1.50 bits per heavy atom. The molecular formula is C10H10FN3. The van der Waals surface area contributed by atoms with Crippen LogP contribution in [0, 0.1) is 5.82 Å². The largest absolute Gasteiger partial charge is 0.327 e. The van der Waals surface area contributed by atoms with Crippen molar-refractivity contribution in [2.45, 2.75) is 19.0 Å². The second-order valence-corrected chi connectivity index (χ2v) is 3.65. The molecule has 1 aromatic carbocycles. The molecule has 72 valence electrons. The predicted octanol–water partition coefficient (Wildman–Crippen LogP) is 1.58. The fourth-order valence-corrected chi connectivity index (χ4v) is 2.03. The molecule has 0 aliphatic carbocycles. The van der Waals surface area contributed by atoms with Crippen LogP contribution in [0.5, 0.6) is 0 Å². The summed E-state index contributed by atoms with van der Waals surface area (Å²) in [6.45, 7) is 0.844. The minimum absolute atomic E-state index is 0.00506. The minimum Gasteiger partial charge on any atom is -0.327 e. The topological polar surface area (TPSA) is 43.8 Å². The highest BCUT2D eigenvalue weighted by atomic mass is 19.1. The monoisotopic (exact) mass is 191 g/mol. The van der Waals surface area contributed by atoms with Crippen molar-refractivity contribution in [3.05, 3.63) is 29.8 Å². The molecule has 1 atom stereocenters. The summed E-state index contributed by atoms with van der Waals surface area (Å²) in [4.78, 5) is 4.39. The smallest absolute Gasteiger partial charge is 0.126 e. The number of benzene rings is 1. The van der Waals surface area contributed by atoms with Gasteiger partial charge in [-0.25, -0.2) is 9.37 Å². The molecule has 0 saturated carbocycles. The van der Waals surface area contributed by atoms with E-state index >= 15 is 0 Å². The number of aryl methyl sites for hydroxylation is 1. The number of hydrogen-bond acceptors (Lipinski definition) is 2. The molecule has 1 aliphatic heterocycles. The van der Waals surface area contributed by atoms with Crippen LogP contribution in [-0.4, -0.2) is 9.55 Å². The van der Waals surface area contributed by atoms with Gasteiger partial charge in [0.2, 0.25) is 0 Å². The van der Waals surface area contributed by atoms with Crippen LogP contribution in [0.3, 0.4) is 0 Å². The molecule has 1 aliphatic rings. The van der Waals surface area contributed by atoms with Gasteiger partial charge in [0.15, 0.2) is 0 Å². The van der Waals surface area contributed by atoms with Crippen molar-refractivity contribution in [3.8, 4) is 0 Å². The van der Waals surface area contributed by atoms with Crippen LogP contribution in [0.1, 0.15) is 18.3 Å². The van der Waals surface area contributed by atoms with E-state index in [4.69, 9.17) is 5.73 Å². The van der Waals surface area contributed by atoms with Gasteiger partial charge in [-0.05, 0) is 24.6 Å². The highest BCUT2D eigenvalue weighted by molar-refractivity contribution is 5.76. The van der Waals surface area contributed by atoms with Crippen molar-refractivity contribution in [1.82, 2.24) is 9.55 Å². The van der Waals surface area contributed by atoms with Crippen molar-refractivity contribution in [3.63, 3.8) is 0 Å². The molecule has 1 unspecified atom stereocenters. The molecule has 1 aromatic heterocycles. The molecular weight excluding hydrogens is 181 g/mol. The quantitative estimate of drug-likeness (QED) is 0.687. The van der Waals surface area contributed by atoms with Gasteiger partial charge in [0.1, 0.15) is 11.6 Å². The minimum atomic E-state index is -0.222. The number of fused-ring (bicyclic) bond motifs is 3. The van der Waals surface area contributed by atoms with Crippen molar-refractivity contribution < 1.29 is 4.39 Å². The standard InChI is InChI=1S/C10H10FN3/c11-6-1-2-8-9(5-6)14-4-3-7(12)10(14)13-8/h1-2,5,7H,3-4,12H2. The zero-order valence-electron chi connectivity index (χ0n) is 7.57. The lowest BCUT2D eigenvalue weighted by Gasteiger charge is -1.97. The van der Waals surface area contributed by atoms with E-state index in [1.807, 2.05) is 4.57 Å². The van der Waals surface area contributed by atoms with E-state index in [0.717, 1.165) is 29.8 Å². The van der Waals surface area contributed by atoms with Crippen LogP contribution in [0.15, 0.2) is 18.2 Å². The van der Waals surface area contributed by atoms with Gasteiger partial charge in [0, 0.05) is 6.54 Å². The summed E-state index contributed by atoms with van der Waals surface area (Å²) >= 11 is 0. The van der Waals surface area contributed by atoms with E-state index in [1.165, 1.54) is 12.1 Å². The lowest BCUT2D eigenvalue weighted by atomic mass is 10.2. The normalized spacial score (nSPS) is 20.3. The van der Waals surface area contributed by atoms with Crippen LogP contribution >= 0.6 is 0 Å². The molecule has 3 nitrogen and oxygen atoms in total. The van der Waals surface area contributed by atoms with Gasteiger partial charge in [-0.1, -0.05) is 0 Å². The van der Waals surface area contributed by atoms with Crippen molar-refractivity contribution >= 4 is 11.0 Å². The van der Waals surface area contributed by atoms with E-state index in [9.17, 15) is 4.39 Å². The fourth-order valence-electron chi connectivity index (χ4n) is 2.03. The summed E-state index contributed by atoms with van der Waals surface area (Å²) in [7, 11) is 0. The van der Waals surface area contributed by atoms with Gasteiger partial charge in [-0.15, -0.1) is 0 Å². The maximum atomic E-state index is 13.0. The first-order chi connectivity index (χ1) is 6.75. The summed E-state index contributed by atoms with van der Waals surface area (Å²) in [6.07, 6.45) is 0.898. The van der Waals surface area contributed by atoms with E-state index in [1.54, 1.807) is 6.07 Å². The third-order valence-electron chi connectivity index (χ3n) is 2.74. The number of halogens is 1. The number of nitrogens with two attached hydrogens (primary N) is 1. The second-order valence-electron chi connectivity index (χ2n) is 3.65. The lowest BCUT2D eigenvalue weighted by molar-refractivity contribution is 0.628. The molecule has 0 saturated heterocycles. The van der Waals surface area contributed by atoms with Gasteiger partial charge in [-0.2, -0.15) is 0 Å². The third kappa shape index (κ3) is 0.915. The number of hydrogen-bond donors (Lipinski definition) is 1. The summed E-state index contributed by atoms with van der Waals surface area (Å²) < 4.78 is 15.0. The van der Waals surface area contributed by atoms with Crippen molar-refractivity contribution in [2.24, 2.45) is 5.73 Å². The summed E-state index contributed by atoms with van der Waals surface area (Å²) in [5.41, 5.74) is 7.56. The lowest BCUT2D eigenvalue weighted by Crippen LogP contribution is -2.06. The maximum absolute atomic E-state index is 13.0. The molecule has 3 rings (SSSR count). The Balaban J connectivity index is 2.36. The highest BCUT2D eigenvalue weighted by Gasteiger charge is 2.23. The Hall–Kier alpha value is -1.42. The first kappa shape index (κ1) is 7.94. The summed E-state index contributed by atoms with van der Waals surface area (Å²) in [5.74, 6) is 0.659. The molecule has 0 spiro atoms. The van der Waals surface area contributed by atoms with Crippen molar-refractivity contribution in [2.75, 3.05) is 0 Å². The van der Waals surface area contributed by atoms with Gasteiger partial charge < -0.3 is 10.3 Å². The Kier molecular flexibility index (Phi) is 1.44. The molecule has 0 amide bonds. The number of rotatable bonds is 0. The highest BCUT2D eigenvalue weighted by Crippen LogP contribution is 2.28. The average molecular weight is 191 g/mol. The Bertz CT molecular complexity index is 503. The predicted molar refractivity (Wildman–Crippen MR) is 51.2 cm³/mol. The van der Waals surface area contributed by atoms with Crippen LogP contribution < -0.4 is 5.73 Å². The third-order valence-corrected chi connectivity index (χ3v) is 2.74. The van der Waals surface area contributed by atoms with E-state index < -0.39 is 0 Å². The maximum Gasteiger partial charge on any atom is 0.126 e. The molecule has 0 fully saturated rings. The van der Waals surface area contributed by atoms with Gasteiger partial charge in [0.25, 0.3) is 0 Å². The number of aromatic nitrogens is 2. The molecule has 0 bridgehead atoms. The average Bonchev–Trinajstić information content (AvgIpc) is 2.67. The first-order valence-electron chi connectivity index (χ1n) is 4.67. The SMILES string of the molecule is NC1CCn2c1nc1ccc(F)cc12. The molecule has 2 heterocycles. The van der Waals surface area contributed by atoms with Gasteiger partial charge in [0.05, 0.1) is 17.1 Å². The second kappa shape index (κ2) is 2.54. The zero-order chi connectivity index (χ0) is 9.71. The molecule has 2 N–H and O–H groups in total. The molecule has 2 aromatic rings. The van der Waals surface area contributed by atoms with Crippen LogP contribution in [0.25, 0.3) is 11.0 Å². The van der Waals surface area contributed by atoms with E-state index in [2.05, 4.69) is 4.98 Å². The van der Waals surface area contributed by atoms with Crippen LogP contribution in [0.4, 0.5) is 4.39 Å². The van der Waals surface area contributed by atoms with Gasteiger partial charge in [-0.3, -0.25) is 0 Å². The van der Waals surface area contributed by atoms with Gasteiger partial charge >= 0.3 is 0 Å².